The quantitative estimate of drug-likeness (QED) is 0.576. The van der Waals surface area contributed by atoms with Crippen LogP contribution in [-0.4, -0.2) is 33.9 Å². The molecule has 152 valence electrons. The molecule has 0 radical (unpaired) electrons. The predicted molar refractivity (Wildman–Crippen MR) is 115 cm³/mol. The molecule has 0 spiro atoms. The second-order valence-electron chi connectivity index (χ2n) is 7.57. The summed E-state index contributed by atoms with van der Waals surface area (Å²) >= 11 is 7.56. The molecule has 1 saturated heterocycles. The Morgan fingerprint density at radius 3 is 2.83 bits per heavy atom. The van der Waals surface area contributed by atoms with E-state index in [9.17, 15) is 4.79 Å². The van der Waals surface area contributed by atoms with Crippen LogP contribution < -0.4 is 0 Å². The summed E-state index contributed by atoms with van der Waals surface area (Å²) < 4.78 is 6.04. The molecule has 1 fully saturated rings. The van der Waals surface area contributed by atoms with E-state index in [2.05, 4.69) is 9.97 Å². The molecule has 3 aromatic rings. The fourth-order valence-corrected chi connectivity index (χ4v) is 4.84. The van der Waals surface area contributed by atoms with Gasteiger partial charge in [-0.25, -0.2) is 9.97 Å². The zero-order valence-corrected chi connectivity index (χ0v) is 18.2. The van der Waals surface area contributed by atoms with Crippen molar-refractivity contribution in [1.29, 1.82) is 0 Å². The van der Waals surface area contributed by atoms with E-state index >= 15 is 0 Å². The molecule has 0 aliphatic carbocycles. The van der Waals surface area contributed by atoms with Gasteiger partial charge < -0.3 is 9.32 Å². The number of carbonyl (C=O) groups is 1. The summed E-state index contributed by atoms with van der Waals surface area (Å²) in [5, 5.41) is 1.73. The molecule has 0 saturated carbocycles. The Hall–Kier alpha value is -2.18. The van der Waals surface area contributed by atoms with Crippen LogP contribution in [0.5, 0.6) is 0 Å². The van der Waals surface area contributed by atoms with Crippen molar-refractivity contribution in [2.45, 2.75) is 45.4 Å². The average molecular weight is 430 g/mol. The average Bonchev–Trinajstić information content (AvgIpc) is 3.30. The standard InChI is InChI=1S/C22H24ClN3O2S/c1-14-20(29-15(2)25-14)11-21(27)26-9-3-4-17(13-26)22-24-12-19(28-22)10-16-5-7-18(23)8-6-16/h5-8,12,17H,3-4,9-11,13H2,1-2H3/t17-/m0/s1. The molecule has 7 heteroatoms. The zero-order chi connectivity index (χ0) is 20.4. The molecule has 0 unspecified atom stereocenters. The van der Waals surface area contributed by atoms with Crippen LogP contribution in [0.25, 0.3) is 0 Å². The number of carbonyl (C=O) groups excluding carboxylic acids is 1. The van der Waals surface area contributed by atoms with Gasteiger partial charge in [0, 0.05) is 29.4 Å². The molecule has 1 aliphatic heterocycles. The summed E-state index contributed by atoms with van der Waals surface area (Å²) in [5.41, 5.74) is 2.10. The number of likely N-dealkylation sites (tertiary alicyclic amines) is 1. The van der Waals surface area contributed by atoms with Gasteiger partial charge in [-0.15, -0.1) is 11.3 Å². The minimum atomic E-state index is 0.149. The number of hydrogen-bond acceptors (Lipinski definition) is 5. The summed E-state index contributed by atoms with van der Waals surface area (Å²) in [4.78, 5) is 24.8. The minimum Gasteiger partial charge on any atom is -0.445 e. The molecule has 1 aromatic carbocycles. The number of hydrogen-bond donors (Lipinski definition) is 0. The van der Waals surface area contributed by atoms with Crippen molar-refractivity contribution in [2.75, 3.05) is 13.1 Å². The van der Waals surface area contributed by atoms with Crippen LogP contribution >= 0.6 is 22.9 Å². The third-order valence-corrected chi connectivity index (χ3v) is 6.62. The summed E-state index contributed by atoms with van der Waals surface area (Å²) in [6.45, 7) is 5.41. The molecule has 0 bridgehead atoms. The number of halogens is 1. The molecule has 29 heavy (non-hydrogen) atoms. The number of aryl methyl sites for hydroxylation is 2. The summed E-state index contributed by atoms with van der Waals surface area (Å²) in [6, 6.07) is 7.75. The molecule has 4 rings (SSSR count). The summed E-state index contributed by atoms with van der Waals surface area (Å²) in [7, 11) is 0. The molecular formula is C22H24ClN3O2S. The van der Waals surface area contributed by atoms with Crippen LogP contribution in [0.4, 0.5) is 0 Å². The predicted octanol–water partition coefficient (Wildman–Crippen LogP) is 4.94. The van der Waals surface area contributed by atoms with Gasteiger partial charge in [-0.2, -0.15) is 0 Å². The number of thiazole rings is 1. The summed E-state index contributed by atoms with van der Waals surface area (Å²) in [5.74, 6) is 1.88. The van der Waals surface area contributed by atoms with E-state index < -0.39 is 0 Å². The van der Waals surface area contributed by atoms with E-state index in [4.69, 9.17) is 16.0 Å². The second kappa shape index (κ2) is 8.67. The number of oxazole rings is 1. The topological polar surface area (TPSA) is 59.2 Å². The first-order valence-corrected chi connectivity index (χ1v) is 11.1. The Morgan fingerprint density at radius 1 is 1.31 bits per heavy atom. The second-order valence-corrected chi connectivity index (χ2v) is 9.29. The van der Waals surface area contributed by atoms with E-state index in [1.807, 2.05) is 43.0 Å². The highest BCUT2D eigenvalue weighted by Crippen LogP contribution is 2.28. The van der Waals surface area contributed by atoms with E-state index in [0.29, 0.717) is 19.4 Å². The van der Waals surface area contributed by atoms with Crippen LogP contribution in [-0.2, 0) is 17.6 Å². The number of rotatable bonds is 5. The molecule has 3 heterocycles. The van der Waals surface area contributed by atoms with Crippen LogP contribution in [0, 0.1) is 13.8 Å². The Bertz CT molecular complexity index is 996. The van der Waals surface area contributed by atoms with Gasteiger partial charge >= 0.3 is 0 Å². The molecule has 5 nitrogen and oxygen atoms in total. The lowest BCUT2D eigenvalue weighted by Gasteiger charge is -2.31. The largest absolute Gasteiger partial charge is 0.445 e. The van der Waals surface area contributed by atoms with Crippen molar-refractivity contribution in [1.82, 2.24) is 14.9 Å². The van der Waals surface area contributed by atoms with Crippen LogP contribution in [0.3, 0.4) is 0 Å². The number of benzene rings is 1. The molecule has 0 N–H and O–H groups in total. The van der Waals surface area contributed by atoms with Gasteiger partial charge in [-0.1, -0.05) is 23.7 Å². The van der Waals surface area contributed by atoms with Crippen molar-refractivity contribution in [3.05, 3.63) is 68.3 Å². The van der Waals surface area contributed by atoms with Gasteiger partial charge in [0.2, 0.25) is 5.91 Å². The molecular weight excluding hydrogens is 406 g/mol. The highest BCUT2D eigenvalue weighted by Gasteiger charge is 2.28. The Kier molecular flexibility index (Phi) is 6.01. The van der Waals surface area contributed by atoms with Gasteiger partial charge in [0.15, 0.2) is 5.89 Å². The fraction of sp³-hybridized carbons (Fsp3) is 0.409. The Morgan fingerprint density at radius 2 is 2.10 bits per heavy atom. The maximum Gasteiger partial charge on any atom is 0.227 e. The lowest BCUT2D eigenvalue weighted by atomic mass is 9.97. The number of piperidine rings is 1. The van der Waals surface area contributed by atoms with Gasteiger partial charge in [-0.05, 0) is 44.4 Å². The van der Waals surface area contributed by atoms with Gasteiger partial charge in [0.05, 0.1) is 29.2 Å². The van der Waals surface area contributed by atoms with Crippen molar-refractivity contribution < 1.29 is 9.21 Å². The normalized spacial score (nSPS) is 16.9. The van der Waals surface area contributed by atoms with E-state index in [1.54, 1.807) is 17.5 Å². The monoisotopic (exact) mass is 429 g/mol. The number of aromatic nitrogens is 2. The molecule has 1 atom stereocenters. The first-order chi connectivity index (χ1) is 14.0. The summed E-state index contributed by atoms with van der Waals surface area (Å²) in [6.07, 6.45) is 4.87. The van der Waals surface area contributed by atoms with Gasteiger partial charge in [0.1, 0.15) is 5.76 Å². The number of amides is 1. The maximum absolute atomic E-state index is 12.8. The fourth-order valence-electron chi connectivity index (χ4n) is 3.79. The smallest absolute Gasteiger partial charge is 0.227 e. The van der Waals surface area contributed by atoms with Gasteiger partial charge in [0.25, 0.3) is 0 Å². The first kappa shape index (κ1) is 20.1. The van der Waals surface area contributed by atoms with Gasteiger partial charge in [-0.3, -0.25) is 4.79 Å². The first-order valence-electron chi connectivity index (χ1n) is 9.87. The SMILES string of the molecule is Cc1nc(C)c(CC(=O)N2CCC[C@H](c3ncc(Cc4ccc(Cl)cc4)o3)C2)s1. The van der Waals surface area contributed by atoms with Crippen molar-refractivity contribution in [3.8, 4) is 0 Å². The van der Waals surface area contributed by atoms with E-state index in [1.165, 1.54) is 0 Å². The highest BCUT2D eigenvalue weighted by molar-refractivity contribution is 7.11. The lowest BCUT2D eigenvalue weighted by Crippen LogP contribution is -2.40. The Labute approximate surface area is 179 Å². The maximum atomic E-state index is 12.8. The lowest BCUT2D eigenvalue weighted by molar-refractivity contribution is -0.131. The molecule has 2 aromatic heterocycles. The van der Waals surface area contributed by atoms with Crippen LogP contribution in [0.15, 0.2) is 34.9 Å². The van der Waals surface area contributed by atoms with Crippen molar-refractivity contribution >= 4 is 28.8 Å². The van der Waals surface area contributed by atoms with Crippen molar-refractivity contribution in [2.24, 2.45) is 0 Å². The third kappa shape index (κ3) is 4.87. The van der Waals surface area contributed by atoms with Crippen molar-refractivity contribution in [3.63, 3.8) is 0 Å². The van der Waals surface area contributed by atoms with Crippen LogP contribution in [0.2, 0.25) is 5.02 Å². The minimum absolute atomic E-state index is 0.149. The number of nitrogens with zero attached hydrogens (tertiary/aromatic N) is 3. The highest BCUT2D eigenvalue weighted by atomic mass is 35.5. The Balaban J connectivity index is 1.39. The third-order valence-electron chi connectivity index (χ3n) is 5.30. The van der Waals surface area contributed by atoms with E-state index in [0.717, 1.165) is 57.2 Å². The molecule has 1 aliphatic rings. The molecule has 1 amide bonds. The van der Waals surface area contributed by atoms with Crippen LogP contribution in [0.1, 0.15) is 51.6 Å². The van der Waals surface area contributed by atoms with E-state index in [-0.39, 0.29) is 11.8 Å². The zero-order valence-electron chi connectivity index (χ0n) is 16.7.